The molecule has 3 rings (SSSR count). The highest BCUT2D eigenvalue weighted by atomic mass is 35.5. The molecule has 0 spiro atoms. The van der Waals surface area contributed by atoms with Crippen LogP contribution < -0.4 is 10.6 Å². The highest BCUT2D eigenvalue weighted by molar-refractivity contribution is 6.30. The van der Waals surface area contributed by atoms with Gasteiger partial charge >= 0.3 is 0 Å². The zero-order chi connectivity index (χ0) is 14.3. The summed E-state index contributed by atoms with van der Waals surface area (Å²) in [6.45, 7) is 1.81. The van der Waals surface area contributed by atoms with E-state index in [9.17, 15) is 9.59 Å². The third kappa shape index (κ3) is 2.60. The largest absolute Gasteiger partial charge is 0.358 e. The number of nitrogens with one attached hydrogen (secondary N) is 2. The van der Waals surface area contributed by atoms with Crippen molar-refractivity contribution in [2.75, 3.05) is 5.32 Å². The van der Waals surface area contributed by atoms with E-state index in [0.717, 1.165) is 24.2 Å². The van der Waals surface area contributed by atoms with Crippen LogP contribution >= 0.6 is 11.6 Å². The van der Waals surface area contributed by atoms with Crippen LogP contribution in [0.15, 0.2) is 0 Å². The fourth-order valence-corrected chi connectivity index (χ4v) is 2.34. The first-order valence-electron chi connectivity index (χ1n) is 6.69. The summed E-state index contributed by atoms with van der Waals surface area (Å²) in [6, 6.07) is -0.454. The van der Waals surface area contributed by atoms with Crippen molar-refractivity contribution in [3.63, 3.8) is 0 Å². The lowest BCUT2D eigenvalue weighted by Crippen LogP contribution is -2.47. The second-order valence-electron chi connectivity index (χ2n) is 5.27. The van der Waals surface area contributed by atoms with Crippen molar-refractivity contribution in [2.45, 2.75) is 44.6 Å². The summed E-state index contributed by atoms with van der Waals surface area (Å²) >= 11 is 6.12. The van der Waals surface area contributed by atoms with Crippen LogP contribution in [0.3, 0.4) is 0 Å². The van der Waals surface area contributed by atoms with Gasteiger partial charge in [0.05, 0.1) is 0 Å². The summed E-state index contributed by atoms with van der Waals surface area (Å²) in [6.07, 6.45) is 2.95. The van der Waals surface area contributed by atoms with Crippen LogP contribution in [0.2, 0.25) is 5.15 Å². The molecule has 2 fully saturated rings. The molecule has 7 heteroatoms. The topological polar surface area (TPSA) is 84.0 Å². The standard InChI is InChI=1S/C13H15ClN4O2/c1-6-10(14)17-12(7-2-3-7)18-11(6)15-8-4-5-9(19)16-13(8)20/h7-8H,2-5H2,1H3,(H,15,17,18)(H,16,19,20). The lowest BCUT2D eigenvalue weighted by molar-refractivity contribution is -0.133. The van der Waals surface area contributed by atoms with E-state index in [1.165, 1.54) is 0 Å². The van der Waals surface area contributed by atoms with Gasteiger partial charge in [-0.3, -0.25) is 14.9 Å². The number of piperidine rings is 1. The molecule has 1 aliphatic carbocycles. The summed E-state index contributed by atoms with van der Waals surface area (Å²) in [5, 5.41) is 5.81. The predicted octanol–water partition coefficient (Wildman–Crippen LogP) is 1.53. The van der Waals surface area contributed by atoms with Crippen molar-refractivity contribution in [1.29, 1.82) is 0 Å². The first-order chi connectivity index (χ1) is 9.54. The number of aromatic nitrogens is 2. The van der Waals surface area contributed by atoms with Gasteiger partial charge in [-0.25, -0.2) is 9.97 Å². The molecule has 1 saturated heterocycles. The Kier molecular flexibility index (Phi) is 3.33. The van der Waals surface area contributed by atoms with Crippen LogP contribution in [0.5, 0.6) is 0 Å². The summed E-state index contributed by atoms with van der Waals surface area (Å²) in [7, 11) is 0. The number of nitrogens with zero attached hydrogens (tertiary/aromatic N) is 2. The minimum Gasteiger partial charge on any atom is -0.358 e. The van der Waals surface area contributed by atoms with Crippen LogP contribution in [-0.4, -0.2) is 27.8 Å². The van der Waals surface area contributed by atoms with E-state index in [-0.39, 0.29) is 11.8 Å². The molecule has 0 radical (unpaired) electrons. The molecule has 6 nitrogen and oxygen atoms in total. The molecule has 20 heavy (non-hydrogen) atoms. The van der Waals surface area contributed by atoms with Crippen LogP contribution in [-0.2, 0) is 9.59 Å². The molecule has 0 aromatic carbocycles. The number of imide groups is 1. The van der Waals surface area contributed by atoms with Gasteiger partial charge in [0.1, 0.15) is 22.8 Å². The molecule has 2 heterocycles. The molecule has 1 saturated carbocycles. The van der Waals surface area contributed by atoms with Crippen LogP contribution in [0.4, 0.5) is 5.82 Å². The molecule has 0 bridgehead atoms. The van der Waals surface area contributed by atoms with Crippen molar-refractivity contribution in [1.82, 2.24) is 15.3 Å². The number of hydrogen-bond acceptors (Lipinski definition) is 5. The maximum atomic E-state index is 11.8. The normalized spacial score (nSPS) is 22.6. The van der Waals surface area contributed by atoms with Gasteiger partial charge in [-0.05, 0) is 26.2 Å². The molecule has 2 aliphatic rings. The number of hydrogen-bond donors (Lipinski definition) is 2. The Hall–Kier alpha value is -1.69. The van der Waals surface area contributed by atoms with E-state index in [2.05, 4.69) is 20.6 Å². The van der Waals surface area contributed by atoms with Crippen LogP contribution in [0, 0.1) is 6.92 Å². The summed E-state index contributed by atoms with van der Waals surface area (Å²) < 4.78 is 0. The SMILES string of the molecule is Cc1c(Cl)nc(C2CC2)nc1NC1CCC(=O)NC1=O. The van der Waals surface area contributed by atoms with E-state index >= 15 is 0 Å². The Morgan fingerprint density at radius 2 is 2.00 bits per heavy atom. The Morgan fingerprint density at radius 3 is 2.65 bits per heavy atom. The molecule has 106 valence electrons. The van der Waals surface area contributed by atoms with E-state index < -0.39 is 6.04 Å². The lowest BCUT2D eigenvalue weighted by atomic mass is 10.1. The highest BCUT2D eigenvalue weighted by Crippen LogP contribution is 2.39. The van der Waals surface area contributed by atoms with Crippen LogP contribution in [0.25, 0.3) is 0 Å². The van der Waals surface area contributed by atoms with Crippen molar-refractivity contribution >= 4 is 29.2 Å². The minimum atomic E-state index is -0.454. The number of carbonyl (C=O) groups is 2. The maximum Gasteiger partial charge on any atom is 0.249 e. The first-order valence-corrected chi connectivity index (χ1v) is 7.06. The van der Waals surface area contributed by atoms with Gasteiger partial charge in [0, 0.05) is 17.9 Å². The minimum absolute atomic E-state index is 0.232. The predicted molar refractivity (Wildman–Crippen MR) is 73.5 cm³/mol. The molecule has 1 atom stereocenters. The summed E-state index contributed by atoms with van der Waals surface area (Å²) in [5.74, 6) is 1.15. The molecular weight excluding hydrogens is 280 g/mol. The van der Waals surface area contributed by atoms with Gasteiger partial charge in [0.2, 0.25) is 11.8 Å². The fraction of sp³-hybridized carbons (Fsp3) is 0.538. The van der Waals surface area contributed by atoms with E-state index in [0.29, 0.717) is 29.7 Å². The van der Waals surface area contributed by atoms with E-state index in [1.54, 1.807) is 0 Å². The molecule has 1 aliphatic heterocycles. The molecule has 1 aromatic heterocycles. The zero-order valence-corrected chi connectivity index (χ0v) is 11.8. The van der Waals surface area contributed by atoms with Crippen molar-refractivity contribution in [3.8, 4) is 0 Å². The number of rotatable bonds is 3. The molecule has 2 amide bonds. The second kappa shape index (κ2) is 5.01. The first kappa shape index (κ1) is 13.3. The average molecular weight is 295 g/mol. The number of carbonyl (C=O) groups excluding carboxylic acids is 2. The second-order valence-corrected chi connectivity index (χ2v) is 5.63. The van der Waals surface area contributed by atoms with Crippen molar-refractivity contribution in [2.24, 2.45) is 0 Å². The number of anilines is 1. The third-order valence-corrected chi connectivity index (χ3v) is 3.96. The molecular formula is C13H15ClN4O2. The monoisotopic (exact) mass is 294 g/mol. The quantitative estimate of drug-likeness (QED) is 0.652. The Morgan fingerprint density at radius 1 is 1.25 bits per heavy atom. The summed E-state index contributed by atoms with van der Waals surface area (Å²) in [5.41, 5.74) is 0.723. The van der Waals surface area contributed by atoms with Crippen molar-refractivity contribution in [3.05, 3.63) is 16.5 Å². The third-order valence-electron chi connectivity index (χ3n) is 3.60. The Bertz CT molecular complexity index is 586. The average Bonchev–Trinajstić information content (AvgIpc) is 3.22. The van der Waals surface area contributed by atoms with Gasteiger partial charge in [-0.2, -0.15) is 0 Å². The van der Waals surface area contributed by atoms with Gasteiger partial charge < -0.3 is 5.32 Å². The molecule has 1 unspecified atom stereocenters. The zero-order valence-electron chi connectivity index (χ0n) is 11.1. The van der Waals surface area contributed by atoms with Gasteiger partial charge in [0.15, 0.2) is 0 Å². The van der Waals surface area contributed by atoms with Gasteiger partial charge in [-0.1, -0.05) is 11.6 Å². The highest BCUT2D eigenvalue weighted by Gasteiger charge is 2.30. The lowest BCUT2D eigenvalue weighted by Gasteiger charge is -2.23. The molecule has 1 aromatic rings. The smallest absolute Gasteiger partial charge is 0.249 e. The Labute approximate surface area is 121 Å². The maximum absolute atomic E-state index is 11.8. The number of halogens is 1. The van der Waals surface area contributed by atoms with Gasteiger partial charge in [-0.15, -0.1) is 0 Å². The van der Waals surface area contributed by atoms with E-state index in [1.807, 2.05) is 6.92 Å². The number of amides is 2. The summed E-state index contributed by atoms with van der Waals surface area (Å²) in [4.78, 5) is 31.7. The Balaban J connectivity index is 1.82. The van der Waals surface area contributed by atoms with Crippen LogP contribution in [0.1, 0.15) is 43.0 Å². The molecule has 2 N–H and O–H groups in total. The van der Waals surface area contributed by atoms with E-state index in [4.69, 9.17) is 11.6 Å². The van der Waals surface area contributed by atoms with Gasteiger partial charge in [0.25, 0.3) is 0 Å². The van der Waals surface area contributed by atoms with Crippen molar-refractivity contribution < 1.29 is 9.59 Å². The fourth-order valence-electron chi connectivity index (χ4n) is 2.17.